The first-order valence-electron chi connectivity index (χ1n) is 9.79. The zero-order valence-electron chi connectivity index (χ0n) is 15.7. The van der Waals surface area contributed by atoms with Crippen LogP contribution in [0.25, 0.3) is 0 Å². The number of rotatable bonds is 3. The minimum absolute atomic E-state index is 0.00620. The second kappa shape index (κ2) is 6.60. The van der Waals surface area contributed by atoms with Gasteiger partial charge in [0.2, 0.25) is 11.8 Å². The number of hydrogen-bond acceptors (Lipinski definition) is 3. The van der Waals surface area contributed by atoms with E-state index >= 15 is 0 Å². The molecule has 1 spiro atoms. The number of para-hydroxylation sites is 1. The largest absolute Gasteiger partial charge is 0.493 e. The summed E-state index contributed by atoms with van der Waals surface area (Å²) in [5.41, 5.74) is 1.23. The van der Waals surface area contributed by atoms with Crippen LogP contribution in [0, 0.1) is 11.8 Å². The van der Waals surface area contributed by atoms with Gasteiger partial charge in [-0.25, -0.2) is 0 Å². The van der Waals surface area contributed by atoms with Gasteiger partial charge in [-0.3, -0.25) is 9.59 Å². The van der Waals surface area contributed by atoms with E-state index in [2.05, 4.69) is 23.2 Å². The van der Waals surface area contributed by atoms with Gasteiger partial charge in [-0.15, -0.1) is 0 Å². The number of carbonyl (C=O) groups is 2. The SMILES string of the molecule is CC(=O)N[C@H](C)C1CCN(C(=O)[C@@H]2C[C@]23CCOc2ccccc23)CC1. The molecule has 3 aliphatic rings. The smallest absolute Gasteiger partial charge is 0.226 e. The maximum absolute atomic E-state index is 13.1. The van der Waals surface area contributed by atoms with Crippen LogP contribution in [0.1, 0.15) is 45.1 Å². The average Bonchev–Trinajstić information content (AvgIpc) is 3.35. The van der Waals surface area contributed by atoms with Crippen molar-refractivity contribution < 1.29 is 14.3 Å². The van der Waals surface area contributed by atoms with Crippen molar-refractivity contribution >= 4 is 11.8 Å². The Morgan fingerprint density at radius 1 is 1.27 bits per heavy atom. The van der Waals surface area contributed by atoms with Crippen molar-refractivity contribution in [1.82, 2.24) is 10.2 Å². The van der Waals surface area contributed by atoms with Crippen LogP contribution in [0.15, 0.2) is 24.3 Å². The molecule has 3 atom stereocenters. The maximum Gasteiger partial charge on any atom is 0.226 e. The van der Waals surface area contributed by atoms with E-state index in [0.717, 1.165) is 44.5 Å². The zero-order valence-corrected chi connectivity index (χ0v) is 15.7. The number of nitrogens with one attached hydrogen (secondary N) is 1. The quantitative estimate of drug-likeness (QED) is 0.905. The van der Waals surface area contributed by atoms with Crippen LogP contribution in [0.2, 0.25) is 0 Å². The molecule has 2 amide bonds. The van der Waals surface area contributed by atoms with E-state index in [4.69, 9.17) is 4.74 Å². The van der Waals surface area contributed by atoms with Crippen molar-refractivity contribution in [1.29, 1.82) is 0 Å². The van der Waals surface area contributed by atoms with Gasteiger partial charge in [0, 0.05) is 43.0 Å². The van der Waals surface area contributed by atoms with Crippen LogP contribution in [-0.4, -0.2) is 42.5 Å². The fraction of sp³-hybridized carbons (Fsp3) is 0.619. The van der Waals surface area contributed by atoms with Gasteiger partial charge in [-0.2, -0.15) is 0 Å². The van der Waals surface area contributed by atoms with Crippen LogP contribution < -0.4 is 10.1 Å². The molecule has 1 N–H and O–H groups in total. The van der Waals surface area contributed by atoms with Crippen molar-refractivity contribution in [3.05, 3.63) is 29.8 Å². The number of piperidine rings is 1. The van der Waals surface area contributed by atoms with Gasteiger partial charge in [0.25, 0.3) is 0 Å². The van der Waals surface area contributed by atoms with Crippen molar-refractivity contribution in [2.75, 3.05) is 19.7 Å². The highest BCUT2D eigenvalue weighted by Gasteiger charge is 2.61. The highest BCUT2D eigenvalue weighted by molar-refractivity contribution is 5.85. The van der Waals surface area contributed by atoms with Gasteiger partial charge >= 0.3 is 0 Å². The molecule has 5 nitrogen and oxygen atoms in total. The third-order valence-corrected chi connectivity index (χ3v) is 6.59. The maximum atomic E-state index is 13.1. The third-order valence-electron chi connectivity index (χ3n) is 6.59. The minimum atomic E-state index is 0.00620. The summed E-state index contributed by atoms with van der Waals surface area (Å²) in [7, 11) is 0. The number of hydrogen-bond donors (Lipinski definition) is 1. The summed E-state index contributed by atoms with van der Waals surface area (Å²) in [4.78, 5) is 26.4. The predicted molar refractivity (Wildman–Crippen MR) is 98.9 cm³/mol. The average molecular weight is 356 g/mol. The normalized spacial score (nSPS) is 28.8. The molecule has 0 aromatic heterocycles. The summed E-state index contributed by atoms with van der Waals surface area (Å²) in [6, 6.07) is 8.37. The Hall–Kier alpha value is -2.04. The number of amides is 2. The molecule has 0 unspecified atom stereocenters. The van der Waals surface area contributed by atoms with E-state index in [9.17, 15) is 9.59 Å². The summed E-state index contributed by atoms with van der Waals surface area (Å²) in [5.74, 6) is 1.86. The van der Waals surface area contributed by atoms with E-state index in [0.29, 0.717) is 18.4 Å². The molecule has 4 rings (SSSR count). The first-order valence-corrected chi connectivity index (χ1v) is 9.79. The minimum Gasteiger partial charge on any atom is -0.493 e. The lowest BCUT2D eigenvalue weighted by Crippen LogP contribution is -2.46. The highest BCUT2D eigenvalue weighted by atomic mass is 16.5. The molecule has 1 saturated carbocycles. The van der Waals surface area contributed by atoms with Gasteiger partial charge < -0.3 is 15.0 Å². The Balaban J connectivity index is 1.38. The van der Waals surface area contributed by atoms with Crippen LogP contribution in [0.5, 0.6) is 5.75 Å². The lowest BCUT2D eigenvalue weighted by atomic mass is 9.86. The molecule has 5 heteroatoms. The van der Waals surface area contributed by atoms with Gasteiger partial charge in [0.1, 0.15) is 5.75 Å². The molecule has 2 heterocycles. The Morgan fingerprint density at radius 3 is 2.73 bits per heavy atom. The lowest BCUT2D eigenvalue weighted by Gasteiger charge is -2.36. The molecule has 2 fully saturated rings. The summed E-state index contributed by atoms with van der Waals surface area (Å²) in [6.07, 6.45) is 3.82. The Morgan fingerprint density at radius 2 is 2.00 bits per heavy atom. The zero-order chi connectivity index (χ0) is 18.3. The molecular weight excluding hydrogens is 328 g/mol. The van der Waals surface area contributed by atoms with Gasteiger partial charge in [-0.1, -0.05) is 18.2 Å². The fourth-order valence-electron chi connectivity index (χ4n) is 4.96. The molecule has 0 bridgehead atoms. The van der Waals surface area contributed by atoms with E-state index in [-0.39, 0.29) is 23.3 Å². The number of nitrogens with zero attached hydrogens (tertiary/aromatic N) is 1. The second-order valence-corrected chi connectivity index (χ2v) is 8.16. The predicted octanol–water partition coefficient (Wildman–Crippen LogP) is 2.49. The Bertz CT molecular complexity index is 711. The first-order chi connectivity index (χ1) is 12.5. The van der Waals surface area contributed by atoms with E-state index in [1.54, 1.807) is 6.92 Å². The number of fused-ring (bicyclic) bond motifs is 2. The molecule has 0 radical (unpaired) electrons. The summed E-state index contributed by atoms with van der Waals surface area (Å²) in [6.45, 7) is 5.94. The van der Waals surface area contributed by atoms with Crippen molar-refractivity contribution in [3.8, 4) is 5.75 Å². The van der Waals surface area contributed by atoms with Crippen LogP contribution in [0.4, 0.5) is 0 Å². The van der Waals surface area contributed by atoms with Crippen LogP contribution >= 0.6 is 0 Å². The van der Waals surface area contributed by atoms with Crippen molar-refractivity contribution in [3.63, 3.8) is 0 Å². The molecular formula is C21H28N2O3. The lowest BCUT2D eigenvalue weighted by molar-refractivity contribution is -0.135. The standard InChI is InChI=1S/C21H28N2O3/c1-14(22-15(2)24)16-7-10-23(11-8-16)20(25)18-13-21(18)9-12-26-19-6-4-3-5-17(19)21/h3-6,14,16,18H,7-13H2,1-2H3,(H,22,24)/t14-,18+,21+/m1/s1. The second-order valence-electron chi connectivity index (χ2n) is 8.16. The first kappa shape index (κ1) is 17.4. The van der Waals surface area contributed by atoms with Gasteiger partial charge in [-0.05, 0) is 44.6 Å². The topological polar surface area (TPSA) is 58.6 Å². The monoisotopic (exact) mass is 356 g/mol. The molecule has 140 valence electrons. The van der Waals surface area contributed by atoms with E-state index in [1.165, 1.54) is 5.56 Å². The molecule has 1 aromatic rings. The number of benzene rings is 1. The molecule has 1 aromatic carbocycles. The molecule has 1 aliphatic carbocycles. The fourth-order valence-corrected chi connectivity index (χ4v) is 4.96. The molecule has 2 aliphatic heterocycles. The van der Waals surface area contributed by atoms with Crippen LogP contribution in [0.3, 0.4) is 0 Å². The van der Waals surface area contributed by atoms with Crippen molar-refractivity contribution in [2.24, 2.45) is 11.8 Å². The third kappa shape index (κ3) is 2.97. The van der Waals surface area contributed by atoms with Crippen LogP contribution in [-0.2, 0) is 15.0 Å². The highest BCUT2D eigenvalue weighted by Crippen LogP contribution is 2.61. The van der Waals surface area contributed by atoms with E-state index in [1.807, 2.05) is 18.2 Å². The number of ether oxygens (including phenoxy) is 1. The Labute approximate surface area is 155 Å². The van der Waals surface area contributed by atoms with Gasteiger partial charge in [0.05, 0.1) is 6.61 Å². The Kier molecular flexibility index (Phi) is 4.41. The summed E-state index contributed by atoms with van der Waals surface area (Å²) < 4.78 is 5.79. The summed E-state index contributed by atoms with van der Waals surface area (Å²) >= 11 is 0. The van der Waals surface area contributed by atoms with Crippen molar-refractivity contribution in [2.45, 2.75) is 51.0 Å². The number of carbonyl (C=O) groups excluding carboxylic acids is 2. The summed E-state index contributed by atoms with van der Waals surface area (Å²) in [5, 5.41) is 2.99. The number of likely N-dealkylation sites (tertiary alicyclic amines) is 1. The van der Waals surface area contributed by atoms with Gasteiger partial charge in [0.15, 0.2) is 0 Å². The molecule has 26 heavy (non-hydrogen) atoms. The van der Waals surface area contributed by atoms with E-state index < -0.39 is 0 Å². The molecule has 1 saturated heterocycles.